The zero-order valence-corrected chi connectivity index (χ0v) is 18.9. The molecule has 1 heterocycles. The van der Waals surface area contributed by atoms with Crippen LogP contribution in [0.4, 0.5) is 10.1 Å². The number of hydrogen-bond donors (Lipinski definition) is 4. The van der Waals surface area contributed by atoms with Crippen LogP contribution in [-0.4, -0.2) is 45.4 Å². The van der Waals surface area contributed by atoms with Gasteiger partial charge >= 0.3 is 189 Å². The molecule has 0 saturated carbocycles. The van der Waals surface area contributed by atoms with Gasteiger partial charge in [-0.15, -0.1) is 0 Å². The molecule has 0 fully saturated rings. The monoisotopic (exact) mass is 513 g/mol. The summed E-state index contributed by atoms with van der Waals surface area (Å²) in [5.41, 5.74) is 1.27. The molecule has 0 radical (unpaired) electrons. The molecule has 1 unspecified atom stereocenters. The first-order valence-electron chi connectivity index (χ1n) is 9.56. The van der Waals surface area contributed by atoms with Gasteiger partial charge in [0.05, 0.1) is 0 Å². The molecule has 1 aromatic heterocycles. The second-order valence-electron chi connectivity index (χ2n) is 7.12. The van der Waals surface area contributed by atoms with Crippen LogP contribution in [-0.2, 0) is 12.3 Å². The number of rotatable bonds is 5. The zero-order valence-electron chi connectivity index (χ0n) is 17.1. The standard InChI is InChI=1S/C22H17AsFN3O6/c1-12(28)25-20-11-16(29)6-7-18(20)23(31,32)33-22(30)14-5-8-19-17(10-14)21(27-26-19)13-3-2-4-15(24)9-13/h2-11,29H,1H3,(H,25,28)(H,26,27)(H,31,32). The molecule has 3 aromatic carbocycles. The summed E-state index contributed by atoms with van der Waals surface area (Å²) in [5.74, 6) is -2.32. The third kappa shape index (κ3) is 4.67. The normalized spacial score (nSPS) is 12.8. The minimum absolute atomic E-state index is 0.0305. The van der Waals surface area contributed by atoms with Gasteiger partial charge in [0, 0.05) is 0 Å². The average Bonchev–Trinajstić information content (AvgIpc) is 3.16. The number of nitrogens with zero attached hydrogens (tertiary/aromatic N) is 1. The van der Waals surface area contributed by atoms with Gasteiger partial charge in [-0.05, 0) is 0 Å². The number of aromatic amines is 1. The van der Waals surface area contributed by atoms with Crippen LogP contribution >= 0.6 is 0 Å². The van der Waals surface area contributed by atoms with E-state index in [2.05, 4.69) is 15.5 Å². The molecular formula is C22H17AsFN3O6. The van der Waals surface area contributed by atoms with Gasteiger partial charge in [0.2, 0.25) is 0 Å². The fourth-order valence-corrected chi connectivity index (χ4v) is 5.61. The van der Waals surface area contributed by atoms with Crippen molar-refractivity contribution >= 4 is 47.0 Å². The fraction of sp³-hybridized carbons (Fsp3) is 0.0455. The molecule has 4 rings (SSSR count). The summed E-state index contributed by atoms with van der Waals surface area (Å²) in [6.07, 6.45) is 0. The van der Waals surface area contributed by atoms with Crippen LogP contribution < -0.4 is 9.67 Å². The molecule has 9 nitrogen and oxygen atoms in total. The second kappa shape index (κ2) is 8.57. The average molecular weight is 513 g/mol. The summed E-state index contributed by atoms with van der Waals surface area (Å²) in [7, 11) is 0. The number of hydrogen-bond acceptors (Lipinski definition) is 6. The second-order valence-corrected chi connectivity index (χ2v) is 10.7. The molecule has 1 atom stereocenters. The van der Waals surface area contributed by atoms with Crippen molar-refractivity contribution in [3.8, 4) is 17.0 Å². The molecule has 33 heavy (non-hydrogen) atoms. The Bertz CT molecular complexity index is 1450. The van der Waals surface area contributed by atoms with Crippen molar-refractivity contribution in [2.24, 2.45) is 0 Å². The van der Waals surface area contributed by atoms with Gasteiger partial charge in [0.25, 0.3) is 0 Å². The topological polar surface area (TPSA) is 142 Å². The van der Waals surface area contributed by atoms with Crippen LogP contribution in [0.15, 0.2) is 60.7 Å². The van der Waals surface area contributed by atoms with Crippen LogP contribution in [0.25, 0.3) is 22.2 Å². The van der Waals surface area contributed by atoms with Crippen molar-refractivity contribution in [3.05, 3.63) is 72.0 Å². The SMILES string of the molecule is CC(=O)Nc1cc(O)ccc1[As](=O)(O)OC(=O)c1ccc2[nH]nc(-c3cccc(F)c3)c2c1. The first-order valence-corrected chi connectivity index (χ1v) is 12.9. The van der Waals surface area contributed by atoms with E-state index >= 15 is 0 Å². The molecule has 4 N–H and O–H groups in total. The number of phenols is 1. The van der Waals surface area contributed by atoms with Crippen molar-refractivity contribution in [2.45, 2.75) is 6.92 Å². The van der Waals surface area contributed by atoms with Crippen LogP contribution in [0.1, 0.15) is 17.3 Å². The molecule has 0 spiro atoms. The molecule has 4 aromatic rings. The number of aromatic nitrogens is 2. The number of carbonyl (C=O) groups excluding carboxylic acids is 2. The van der Waals surface area contributed by atoms with Crippen molar-refractivity contribution in [2.75, 3.05) is 5.32 Å². The number of nitrogens with one attached hydrogen (secondary N) is 2. The Kier molecular flexibility index (Phi) is 5.80. The van der Waals surface area contributed by atoms with Crippen molar-refractivity contribution in [1.29, 1.82) is 0 Å². The summed E-state index contributed by atoms with van der Waals surface area (Å²) >= 11 is -5.50. The summed E-state index contributed by atoms with van der Waals surface area (Å²) in [6.45, 7) is 1.19. The maximum atomic E-state index is 13.6. The number of H-pyrrole nitrogens is 1. The molecule has 0 aliphatic carbocycles. The van der Waals surface area contributed by atoms with Crippen molar-refractivity contribution in [1.82, 2.24) is 10.2 Å². The first kappa shape index (κ1) is 22.3. The fourth-order valence-electron chi connectivity index (χ4n) is 3.27. The van der Waals surface area contributed by atoms with Gasteiger partial charge in [0.1, 0.15) is 0 Å². The summed E-state index contributed by atoms with van der Waals surface area (Å²) in [4.78, 5) is 24.2. The van der Waals surface area contributed by atoms with E-state index in [4.69, 9.17) is 3.73 Å². The van der Waals surface area contributed by atoms with E-state index in [1.54, 1.807) is 12.1 Å². The van der Waals surface area contributed by atoms with Crippen molar-refractivity contribution < 1.29 is 30.6 Å². The van der Waals surface area contributed by atoms with E-state index in [9.17, 15) is 26.9 Å². The third-order valence-corrected chi connectivity index (χ3v) is 7.66. The third-order valence-electron chi connectivity index (χ3n) is 4.70. The molecule has 0 bridgehead atoms. The number of phenolic OH excluding ortho intramolecular Hbond substituents is 1. The molecule has 0 aliphatic rings. The summed E-state index contributed by atoms with van der Waals surface area (Å²) < 4.78 is 41.8. The van der Waals surface area contributed by atoms with E-state index in [0.29, 0.717) is 22.2 Å². The number of fused-ring (bicyclic) bond motifs is 1. The number of amides is 1. The predicted molar refractivity (Wildman–Crippen MR) is 118 cm³/mol. The minimum atomic E-state index is -5.50. The molecular weight excluding hydrogens is 496 g/mol. The first-order chi connectivity index (χ1) is 15.6. The Morgan fingerprint density at radius 1 is 1.12 bits per heavy atom. The molecule has 168 valence electrons. The maximum absolute atomic E-state index is 13.6. The predicted octanol–water partition coefficient (Wildman–Crippen LogP) is 2.46. The Morgan fingerprint density at radius 3 is 2.64 bits per heavy atom. The number of aromatic hydroxyl groups is 1. The van der Waals surface area contributed by atoms with Gasteiger partial charge < -0.3 is 0 Å². The van der Waals surface area contributed by atoms with Gasteiger partial charge in [-0.25, -0.2) is 0 Å². The van der Waals surface area contributed by atoms with Crippen LogP contribution in [0, 0.1) is 5.82 Å². The Morgan fingerprint density at radius 2 is 1.91 bits per heavy atom. The Hall–Kier alpha value is -3.88. The van der Waals surface area contributed by atoms with E-state index in [1.807, 2.05) is 0 Å². The van der Waals surface area contributed by atoms with E-state index < -0.39 is 31.9 Å². The summed E-state index contributed by atoms with van der Waals surface area (Å²) in [6, 6.07) is 13.4. The van der Waals surface area contributed by atoms with Gasteiger partial charge in [-0.3, -0.25) is 0 Å². The van der Waals surface area contributed by atoms with Gasteiger partial charge in [-0.2, -0.15) is 0 Å². The van der Waals surface area contributed by atoms with Crippen molar-refractivity contribution in [3.63, 3.8) is 0 Å². The van der Waals surface area contributed by atoms with E-state index in [1.165, 1.54) is 37.3 Å². The molecule has 1 amide bonds. The number of benzene rings is 3. The van der Waals surface area contributed by atoms with Crippen LogP contribution in [0.3, 0.4) is 0 Å². The van der Waals surface area contributed by atoms with E-state index in [-0.39, 0.29) is 21.4 Å². The molecule has 0 saturated heterocycles. The number of halogens is 1. The number of anilines is 1. The quantitative estimate of drug-likeness (QED) is 0.301. The van der Waals surface area contributed by atoms with Gasteiger partial charge in [-0.1, -0.05) is 0 Å². The molecule has 0 aliphatic heterocycles. The van der Waals surface area contributed by atoms with E-state index in [0.717, 1.165) is 18.2 Å². The van der Waals surface area contributed by atoms with Crippen LogP contribution in [0.2, 0.25) is 0 Å². The Labute approximate surface area is 189 Å². The summed E-state index contributed by atoms with van der Waals surface area (Å²) in [5, 5.41) is 19.4. The molecule has 11 heteroatoms. The number of carbonyl (C=O) groups is 2. The Balaban J connectivity index is 1.67. The van der Waals surface area contributed by atoms with Crippen LogP contribution in [0.5, 0.6) is 5.75 Å². The van der Waals surface area contributed by atoms with Gasteiger partial charge in [0.15, 0.2) is 0 Å². The zero-order chi connectivity index (χ0) is 23.8.